The van der Waals surface area contributed by atoms with Gasteiger partial charge in [0.2, 0.25) is 11.7 Å². The lowest BCUT2D eigenvalue weighted by Crippen LogP contribution is -2.34. The summed E-state index contributed by atoms with van der Waals surface area (Å²) in [6.45, 7) is 3.40. The number of tetrazole rings is 1. The molecule has 1 aliphatic rings. The molecule has 1 N–H and O–H groups in total. The summed E-state index contributed by atoms with van der Waals surface area (Å²) in [6, 6.07) is 7.86. The summed E-state index contributed by atoms with van der Waals surface area (Å²) in [7, 11) is 0. The number of carbonyl (C=O) groups excluding carboxylic acids is 1. The number of aryl methyl sites for hydroxylation is 1. The maximum absolute atomic E-state index is 11.9. The van der Waals surface area contributed by atoms with E-state index in [-0.39, 0.29) is 18.6 Å². The molecular formula is C15H19N5O2. The molecule has 0 radical (unpaired) electrons. The lowest BCUT2D eigenvalue weighted by molar-refractivity contribution is -0.122. The van der Waals surface area contributed by atoms with Gasteiger partial charge >= 0.3 is 0 Å². The van der Waals surface area contributed by atoms with Crippen LogP contribution in [-0.4, -0.2) is 45.4 Å². The van der Waals surface area contributed by atoms with Crippen molar-refractivity contribution in [2.75, 3.05) is 13.2 Å². The first-order valence-corrected chi connectivity index (χ1v) is 7.44. The zero-order valence-corrected chi connectivity index (χ0v) is 12.5. The number of carbonyl (C=O) groups is 1. The van der Waals surface area contributed by atoms with Crippen molar-refractivity contribution in [2.45, 2.75) is 32.4 Å². The molecule has 1 fully saturated rings. The SMILES string of the molecule is Cc1ccc(-c2nnn(CC(=O)NC[C@@H]3CCCO3)n2)cc1. The van der Waals surface area contributed by atoms with E-state index in [4.69, 9.17) is 4.74 Å². The molecule has 1 aromatic heterocycles. The van der Waals surface area contributed by atoms with Crippen LogP contribution in [0.25, 0.3) is 11.4 Å². The van der Waals surface area contributed by atoms with Gasteiger partial charge in [0.05, 0.1) is 6.10 Å². The average molecular weight is 301 g/mol. The van der Waals surface area contributed by atoms with Crippen molar-refractivity contribution in [3.05, 3.63) is 29.8 Å². The number of nitrogens with zero attached hydrogens (tertiary/aromatic N) is 4. The minimum atomic E-state index is -0.136. The summed E-state index contributed by atoms with van der Waals surface area (Å²) < 4.78 is 5.46. The number of rotatable bonds is 5. The predicted octanol–water partition coefficient (Wildman–Crippen LogP) is 0.944. The fourth-order valence-corrected chi connectivity index (χ4v) is 2.35. The maximum atomic E-state index is 11.9. The minimum absolute atomic E-state index is 0.0611. The Morgan fingerprint density at radius 1 is 1.41 bits per heavy atom. The molecule has 0 aliphatic carbocycles. The normalized spacial score (nSPS) is 17.6. The van der Waals surface area contributed by atoms with Crippen LogP contribution in [-0.2, 0) is 16.1 Å². The Morgan fingerprint density at radius 3 is 2.95 bits per heavy atom. The maximum Gasteiger partial charge on any atom is 0.243 e. The van der Waals surface area contributed by atoms with E-state index in [0.717, 1.165) is 25.0 Å². The van der Waals surface area contributed by atoms with E-state index in [2.05, 4.69) is 20.7 Å². The van der Waals surface area contributed by atoms with Crippen LogP contribution in [0.4, 0.5) is 0 Å². The van der Waals surface area contributed by atoms with Crippen molar-refractivity contribution >= 4 is 5.91 Å². The molecule has 1 saturated heterocycles. The molecular weight excluding hydrogens is 282 g/mol. The summed E-state index contributed by atoms with van der Waals surface area (Å²) in [5, 5.41) is 15.0. The fraction of sp³-hybridized carbons (Fsp3) is 0.467. The zero-order valence-electron chi connectivity index (χ0n) is 12.5. The predicted molar refractivity (Wildman–Crippen MR) is 80.0 cm³/mol. The molecule has 1 aliphatic heterocycles. The Labute approximate surface area is 128 Å². The number of nitrogens with one attached hydrogen (secondary N) is 1. The number of hydrogen-bond donors (Lipinski definition) is 1. The lowest BCUT2D eigenvalue weighted by Gasteiger charge is -2.10. The zero-order chi connectivity index (χ0) is 15.4. The third-order valence-electron chi connectivity index (χ3n) is 3.60. The third kappa shape index (κ3) is 3.67. The first-order chi connectivity index (χ1) is 10.7. The minimum Gasteiger partial charge on any atom is -0.376 e. The highest BCUT2D eigenvalue weighted by Crippen LogP contribution is 2.14. The van der Waals surface area contributed by atoms with Gasteiger partial charge in [-0.1, -0.05) is 29.8 Å². The smallest absolute Gasteiger partial charge is 0.243 e. The van der Waals surface area contributed by atoms with Gasteiger partial charge < -0.3 is 10.1 Å². The second-order valence-electron chi connectivity index (χ2n) is 5.45. The number of hydrogen-bond acceptors (Lipinski definition) is 5. The van der Waals surface area contributed by atoms with E-state index < -0.39 is 0 Å². The van der Waals surface area contributed by atoms with Crippen molar-refractivity contribution in [1.82, 2.24) is 25.5 Å². The molecule has 116 valence electrons. The summed E-state index contributed by atoms with van der Waals surface area (Å²) in [4.78, 5) is 13.2. The quantitative estimate of drug-likeness (QED) is 0.889. The van der Waals surface area contributed by atoms with Gasteiger partial charge in [0.25, 0.3) is 0 Å². The van der Waals surface area contributed by atoms with Crippen molar-refractivity contribution < 1.29 is 9.53 Å². The van der Waals surface area contributed by atoms with E-state index in [0.29, 0.717) is 12.4 Å². The van der Waals surface area contributed by atoms with E-state index in [1.807, 2.05) is 31.2 Å². The number of amides is 1. The highest BCUT2D eigenvalue weighted by Gasteiger charge is 2.16. The van der Waals surface area contributed by atoms with E-state index >= 15 is 0 Å². The molecule has 2 aromatic rings. The molecule has 0 spiro atoms. The first-order valence-electron chi connectivity index (χ1n) is 7.44. The Balaban J connectivity index is 1.54. The van der Waals surface area contributed by atoms with E-state index in [1.165, 1.54) is 10.4 Å². The third-order valence-corrected chi connectivity index (χ3v) is 3.60. The molecule has 1 aromatic carbocycles. The number of ether oxygens (including phenoxy) is 1. The fourth-order valence-electron chi connectivity index (χ4n) is 2.35. The van der Waals surface area contributed by atoms with Gasteiger partial charge in [0.15, 0.2) is 0 Å². The van der Waals surface area contributed by atoms with Crippen molar-refractivity contribution in [1.29, 1.82) is 0 Å². The lowest BCUT2D eigenvalue weighted by atomic mass is 10.1. The first kappa shape index (κ1) is 14.6. The Bertz CT molecular complexity index is 632. The molecule has 3 rings (SSSR count). The number of aromatic nitrogens is 4. The molecule has 0 saturated carbocycles. The topological polar surface area (TPSA) is 81.9 Å². The van der Waals surface area contributed by atoms with Crippen LogP contribution in [0.15, 0.2) is 24.3 Å². The second kappa shape index (κ2) is 6.65. The van der Waals surface area contributed by atoms with E-state index in [1.54, 1.807) is 0 Å². The molecule has 22 heavy (non-hydrogen) atoms. The molecule has 7 heteroatoms. The highest BCUT2D eigenvalue weighted by atomic mass is 16.5. The van der Waals surface area contributed by atoms with Crippen molar-refractivity contribution in [3.8, 4) is 11.4 Å². The molecule has 0 unspecified atom stereocenters. The summed E-state index contributed by atoms with van der Waals surface area (Å²) in [5.41, 5.74) is 2.06. The monoisotopic (exact) mass is 301 g/mol. The van der Waals surface area contributed by atoms with Crippen LogP contribution < -0.4 is 5.32 Å². The van der Waals surface area contributed by atoms with Crippen LogP contribution in [0.5, 0.6) is 0 Å². The van der Waals surface area contributed by atoms with E-state index in [9.17, 15) is 4.79 Å². The van der Waals surface area contributed by atoms with Gasteiger partial charge in [-0.25, -0.2) is 0 Å². The molecule has 1 amide bonds. The van der Waals surface area contributed by atoms with Crippen molar-refractivity contribution in [2.24, 2.45) is 0 Å². The van der Waals surface area contributed by atoms with Crippen molar-refractivity contribution in [3.63, 3.8) is 0 Å². The number of benzene rings is 1. The van der Waals surface area contributed by atoms with Gasteiger partial charge in [0, 0.05) is 18.7 Å². The standard InChI is InChI=1S/C15H19N5O2/c1-11-4-6-12(7-5-11)15-17-19-20(18-15)10-14(21)16-9-13-3-2-8-22-13/h4-7,13H,2-3,8-10H2,1H3,(H,16,21)/t13-/m0/s1. The Morgan fingerprint density at radius 2 is 2.23 bits per heavy atom. The van der Waals surface area contributed by atoms with Crippen LogP contribution in [0.2, 0.25) is 0 Å². The van der Waals surface area contributed by atoms with Gasteiger partial charge in [0.1, 0.15) is 6.54 Å². The van der Waals surface area contributed by atoms with Gasteiger partial charge in [-0.2, -0.15) is 4.80 Å². The summed E-state index contributed by atoms with van der Waals surface area (Å²) >= 11 is 0. The second-order valence-corrected chi connectivity index (χ2v) is 5.45. The molecule has 1 atom stereocenters. The van der Waals surface area contributed by atoms with Crippen LogP contribution in [0, 0.1) is 6.92 Å². The Kier molecular flexibility index (Phi) is 4.43. The Hall–Kier alpha value is -2.28. The van der Waals surface area contributed by atoms with Gasteiger partial charge in [-0.05, 0) is 25.0 Å². The molecule has 7 nitrogen and oxygen atoms in total. The van der Waals surface area contributed by atoms with Gasteiger partial charge in [-0.3, -0.25) is 4.79 Å². The molecule has 2 heterocycles. The molecule has 0 bridgehead atoms. The summed E-state index contributed by atoms with van der Waals surface area (Å²) in [6.07, 6.45) is 2.20. The highest BCUT2D eigenvalue weighted by molar-refractivity contribution is 5.75. The largest absolute Gasteiger partial charge is 0.376 e. The van der Waals surface area contributed by atoms with Gasteiger partial charge in [-0.15, -0.1) is 10.2 Å². The summed E-state index contributed by atoms with van der Waals surface area (Å²) in [5.74, 6) is 0.385. The van der Waals surface area contributed by atoms with Crippen LogP contribution in [0.3, 0.4) is 0 Å². The van der Waals surface area contributed by atoms with Crippen LogP contribution in [0.1, 0.15) is 18.4 Å². The van der Waals surface area contributed by atoms with Crippen LogP contribution >= 0.6 is 0 Å². The average Bonchev–Trinajstić information content (AvgIpc) is 3.17.